The van der Waals surface area contributed by atoms with E-state index in [1.807, 2.05) is 0 Å². The SMILES string of the molecule is CC(=O)NCCNC(=O)Cn1c(C)cc(=O)cc1C. The van der Waals surface area contributed by atoms with Crippen molar-refractivity contribution < 1.29 is 9.59 Å². The number of aryl methyl sites for hydroxylation is 2. The number of carbonyl (C=O) groups excluding carboxylic acids is 2. The van der Waals surface area contributed by atoms with Crippen LogP contribution < -0.4 is 16.1 Å². The largest absolute Gasteiger partial charge is 0.355 e. The van der Waals surface area contributed by atoms with Crippen molar-refractivity contribution in [3.8, 4) is 0 Å². The van der Waals surface area contributed by atoms with E-state index in [2.05, 4.69) is 10.6 Å². The number of nitrogens with one attached hydrogen (secondary N) is 2. The van der Waals surface area contributed by atoms with Crippen molar-refractivity contribution >= 4 is 11.8 Å². The molecular weight excluding hydrogens is 246 g/mol. The second kappa shape index (κ2) is 6.72. The van der Waals surface area contributed by atoms with Crippen LogP contribution in [0.4, 0.5) is 0 Å². The molecule has 0 spiro atoms. The number of pyridine rings is 1. The predicted octanol–water partition coefficient (Wildman–Crippen LogP) is -0.283. The lowest BCUT2D eigenvalue weighted by atomic mass is 10.3. The molecule has 1 aromatic rings. The summed E-state index contributed by atoms with van der Waals surface area (Å²) in [5.41, 5.74) is 1.45. The molecule has 1 heterocycles. The first kappa shape index (κ1) is 14.9. The summed E-state index contributed by atoms with van der Waals surface area (Å²) < 4.78 is 1.77. The fourth-order valence-corrected chi connectivity index (χ4v) is 1.78. The number of carbonyl (C=O) groups is 2. The lowest BCUT2D eigenvalue weighted by Crippen LogP contribution is -2.36. The Hall–Kier alpha value is -2.11. The number of aromatic nitrogens is 1. The standard InChI is InChI=1S/C13H19N3O3/c1-9-6-12(18)7-10(2)16(9)8-13(19)15-5-4-14-11(3)17/h6-7H,4-5,8H2,1-3H3,(H,14,17)(H,15,19). The smallest absolute Gasteiger partial charge is 0.239 e. The van der Waals surface area contributed by atoms with E-state index in [9.17, 15) is 14.4 Å². The van der Waals surface area contributed by atoms with Crippen LogP contribution in [0, 0.1) is 13.8 Å². The normalized spacial score (nSPS) is 10.1. The van der Waals surface area contributed by atoms with Crippen molar-refractivity contribution in [1.29, 1.82) is 0 Å². The summed E-state index contributed by atoms with van der Waals surface area (Å²) in [6.07, 6.45) is 0. The molecule has 0 saturated heterocycles. The Morgan fingerprint density at radius 1 is 1.11 bits per heavy atom. The zero-order valence-corrected chi connectivity index (χ0v) is 11.4. The van der Waals surface area contributed by atoms with Gasteiger partial charge in [-0.25, -0.2) is 0 Å². The van der Waals surface area contributed by atoms with Crippen LogP contribution in [-0.4, -0.2) is 29.5 Å². The van der Waals surface area contributed by atoms with E-state index in [0.717, 1.165) is 11.4 Å². The van der Waals surface area contributed by atoms with Crippen molar-refractivity contribution in [1.82, 2.24) is 15.2 Å². The first-order chi connectivity index (χ1) is 8.90. The molecule has 0 bridgehead atoms. The molecule has 0 fully saturated rings. The van der Waals surface area contributed by atoms with Gasteiger partial charge >= 0.3 is 0 Å². The summed E-state index contributed by atoms with van der Waals surface area (Å²) in [4.78, 5) is 33.6. The summed E-state index contributed by atoms with van der Waals surface area (Å²) in [5, 5.41) is 5.30. The minimum absolute atomic E-state index is 0.0580. The van der Waals surface area contributed by atoms with Gasteiger partial charge in [-0.2, -0.15) is 0 Å². The Kier molecular flexibility index (Phi) is 5.29. The Morgan fingerprint density at radius 2 is 1.63 bits per heavy atom. The van der Waals surface area contributed by atoms with Gasteiger partial charge in [-0.05, 0) is 13.8 Å². The van der Waals surface area contributed by atoms with Crippen LogP contribution in [0.15, 0.2) is 16.9 Å². The maximum absolute atomic E-state index is 11.7. The fraction of sp³-hybridized carbons (Fsp3) is 0.462. The van der Waals surface area contributed by atoms with Gasteiger partial charge in [0, 0.05) is 43.5 Å². The van der Waals surface area contributed by atoms with E-state index < -0.39 is 0 Å². The van der Waals surface area contributed by atoms with Gasteiger partial charge in [-0.1, -0.05) is 0 Å². The Balaban J connectivity index is 2.53. The Labute approximate surface area is 111 Å². The molecule has 104 valence electrons. The van der Waals surface area contributed by atoms with Crippen molar-refractivity contribution in [3.63, 3.8) is 0 Å². The van der Waals surface area contributed by atoms with Gasteiger partial charge in [-0.15, -0.1) is 0 Å². The molecule has 2 N–H and O–H groups in total. The molecule has 6 nitrogen and oxygen atoms in total. The molecule has 1 aromatic heterocycles. The van der Waals surface area contributed by atoms with Crippen LogP contribution in [0.25, 0.3) is 0 Å². The van der Waals surface area contributed by atoms with Gasteiger partial charge in [0.2, 0.25) is 11.8 Å². The molecule has 0 aliphatic heterocycles. The van der Waals surface area contributed by atoms with E-state index >= 15 is 0 Å². The summed E-state index contributed by atoms with van der Waals surface area (Å²) in [7, 11) is 0. The summed E-state index contributed by atoms with van der Waals surface area (Å²) in [6, 6.07) is 3.00. The molecule has 0 aliphatic carbocycles. The molecule has 0 unspecified atom stereocenters. The molecule has 19 heavy (non-hydrogen) atoms. The van der Waals surface area contributed by atoms with Gasteiger partial charge in [-0.3, -0.25) is 14.4 Å². The van der Waals surface area contributed by atoms with Crippen LogP contribution in [0.5, 0.6) is 0 Å². The zero-order chi connectivity index (χ0) is 14.4. The van der Waals surface area contributed by atoms with Gasteiger partial charge in [0.1, 0.15) is 6.54 Å². The highest BCUT2D eigenvalue weighted by Gasteiger charge is 2.06. The lowest BCUT2D eigenvalue weighted by molar-refractivity contribution is -0.122. The van der Waals surface area contributed by atoms with Crippen molar-refractivity contribution in [2.24, 2.45) is 0 Å². The molecule has 2 amide bonds. The summed E-state index contributed by atoms with van der Waals surface area (Å²) in [5.74, 6) is -0.276. The molecule has 0 saturated carbocycles. The second-order valence-electron chi connectivity index (χ2n) is 4.39. The maximum atomic E-state index is 11.7. The number of hydrogen-bond acceptors (Lipinski definition) is 3. The fourth-order valence-electron chi connectivity index (χ4n) is 1.78. The van der Waals surface area contributed by atoms with Gasteiger partial charge in [0.05, 0.1) is 0 Å². The van der Waals surface area contributed by atoms with Crippen molar-refractivity contribution in [3.05, 3.63) is 33.7 Å². The average Bonchev–Trinajstić information content (AvgIpc) is 2.29. The number of rotatable bonds is 5. The van der Waals surface area contributed by atoms with Crippen LogP contribution in [0.2, 0.25) is 0 Å². The van der Waals surface area contributed by atoms with E-state index in [0.29, 0.717) is 13.1 Å². The monoisotopic (exact) mass is 265 g/mol. The third kappa shape index (κ3) is 4.95. The van der Waals surface area contributed by atoms with Gasteiger partial charge < -0.3 is 15.2 Å². The van der Waals surface area contributed by atoms with Crippen molar-refractivity contribution in [2.75, 3.05) is 13.1 Å². The molecule has 6 heteroatoms. The Morgan fingerprint density at radius 3 is 2.16 bits per heavy atom. The van der Waals surface area contributed by atoms with E-state index in [-0.39, 0.29) is 23.8 Å². The lowest BCUT2D eigenvalue weighted by Gasteiger charge is -2.14. The number of hydrogen-bond donors (Lipinski definition) is 2. The molecule has 0 radical (unpaired) electrons. The van der Waals surface area contributed by atoms with Gasteiger partial charge in [0.25, 0.3) is 0 Å². The van der Waals surface area contributed by atoms with Gasteiger partial charge in [0.15, 0.2) is 5.43 Å². The van der Waals surface area contributed by atoms with Crippen LogP contribution >= 0.6 is 0 Å². The quantitative estimate of drug-likeness (QED) is 0.718. The maximum Gasteiger partial charge on any atom is 0.239 e. The molecule has 0 aromatic carbocycles. The minimum Gasteiger partial charge on any atom is -0.355 e. The summed E-state index contributed by atoms with van der Waals surface area (Å²) in [6.45, 7) is 5.96. The summed E-state index contributed by atoms with van der Waals surface area (Å²) >= 11 is 0. The molecule has 0 aliphatic rings. The number of amides is 2. The van der Waals surface area contributed by atoms with Crippen LogP contribution in [-0.2, 0) is 16.1 Å². The highest BCUT2D eigenvalue weighted by Crippen LogP contribution is 2.00. The Bertz CT molecular complexity index is 508. The first-order valence-corrected chi connectivity index (χ1v) is 6.09. The third-order valence-corrected chi connectivity index (χ3v) is 2.68. The van der Waals surface area contributed by atoms with E-state index in [1.165, 1.54) is 19.1 Å². The highest BCUT2D eigenvalue weighted by molar-refractivity contribution is 5.76. The third-order valence-electron chi connectivity index (χ3n) is 2.68. The van der Waals surface area contributed by atoms with Crippen molar-refractivity contribution in [2.45, 2.75) is 27.3 Å². The molecule has 1 rings (SSSR count). The first-order valence-electron chi connectivity index (χ1n) is 6.09. The zero-order valence-electron chi connectivity index (χ0n) is 11.4. The molecule has 0 atom stereocenters. The van der Waals surface area contributed by atoms with E-state index in [4.69, 9.17) is 0 Å². The number of nitrogens with zero attached hydrogens (tertiary/aromatic N) is 1. The average molecular weight is 265 g/mol. The molecular formula is C13H19N3O3. The minimum atomic E-state index is -0.153. The topological polar surface area (TPSA) is 80.2 Å². The van der Waals surface area contributed by atoms with E-state index in [1.54, 1.807) is 18.4 Å². The second-order valence-corrected chi connectivity index (χ2v) is 4.39. The van der Waals surface area contributed by atoms with Crippen LogP contribution in [0.3, 0.4) is 0 Å². The van der Waals surface area contributed by atoms with Crippen LogP contribution in [0.1, 0.15) is 18.3 Å². The predicted molar refractivity (Wildman–Crippen MR) is 71.9 cm³/mol. The highest BCUT2D eigenvalue weighted by atomic mass is 16.2.